The summed E-state index contributed by atoms with van der Waals surface area (Å²) in [5.74, 6) is 0.624. The van der Waals surface area contributed by atoms with E-state index in [2.05, 4.69) is 5.32 Å². The third kappa shape index (κ3) is 8.22. The van der Waals surface area contributed by atoms with Gasteiger partial charge in [0.2, 0.25) is 5.66 Å². The molecule has 0 fully saturated rings. The summed E-state index contributed by atoms with van der Waals surface area (Å²) in [6.07, 6.45) is 0.212. The molecule has 29 heavy (non-hydrogen) atoms. The lowest BCUT2D eigenvalue weighted by Gasteiger charge is -2.22. The zero-order valence-electron chi connectivity index (χ0n) is 17.3. The Kier molecular flexibility index (Phi) is 8.18. The van der Waals surface area contributed by atoms with Crippen molar-refractivity contribution in [2.75, 3.05) is 6.61 Å². The van der Waals surface area contributed by atoms with Crippen LogP contribution in [0.25, 0.3) is 0 Å². The Hall–Kier alpha value is -2.43. The highest BCUT2D eigenvalue weighted by Crippen LogP contribution is 2.37. The number of rotatable bonds is 8. The Morgan fingerprint density at radius 1 is 1.10 bits per heavy atom. The fraction of sp³-hybridized carbons (Fsp3) is 0.409. The van der Waals surface area contributed by atoms with E-state index in [1.807, 2.05) is 82.3 Å². The van der Waals surface area contributed by atoms with Crippen molar-refractivity contribution in [3.8, 4) is 5.75 Å². The molecular formula is C22H29NO5P+. The molecule has 0 saturated heterocycles. The van der Waals surface area contributed by atoms with Gasteiger partial charge in [-0.15, -0.1) is 0 Å². The maximum Gasteiger partial charge on any atom is 0.517 e. The summed E-state index contributed by atoms with van der Waals surface area (Å²) in [5, 5.41) is 2.82. The first-order valence-corrected chi connectivity index (χ1v) is 10.8. The molecule has 3 unspecified atom stereocenters. The van der Waals surface area contributed by atoms with Crippen molar-refractivity contribution in [1.82, 2.24) is 5.32 Å². The van der Waals surface area contributed by atoms with Gasteiger partial charge in [-0.25, -0.2) is 4.79 Å². The molecular weight excluding hydrogens is 389 g/mol. The van der Waals surface area contributed by atoms with E-state index in [1.165, 1.54) is 0 Å². The molecule has 0 saturated carbocycles. The topological polar surface area (TPSA) is 84.9 Å². The molecule has 156 valence electrons. The lowest BCUT2D eigenvalue weighted by molar-refractivity contribution is 0.0508. The summed E-state index contributed by atoms with van der Waals surface area (Å²) in [5.41, 5.74) is 0.701. The van der Waals surface area contributed by atoms with Crippen molar-refractivity contribution in [2.45, 2.75) is 51.4 Å². The quantitative estimate of drug-likeness (QED) is 0.590. The Morgan fingerprint density at radius 3 is 2.28 bits per heavy atom. The van der Waals surface area contributed by atoms with Crippen LogP contribution in [0, 0.1) is 0 Å². The molecule has 0 aromatic heterocycles. The van der Waals surface area contributed by atoms with Crippen LogP contribution in [0.3, 0.4) is 0 Å². The van der Waals surface area contributed by atoms with Crippen molar-refractivity contribution in [1.29, 1.82) is 0 Å². The first-order valence-electron chi connectivity index (χ1n) is 9.55. The minimum atomic E-state index is -2.40. The predicted octanol–water partition coefficient (Wildman–Crippen LogP) is 5.00. The number of hydrogen-bond donors (Lipinski definition) is 2. The Labute approximate surface area is 173 Å². The summed E-state index contributed by atoms with van der Waals surface area (Å²) in [6, 6.07) is 16.6. The number of carbonyl (C=O) groups is 1. The summed E-state index contributed by atoms with van der Waals surface area (Å²) in [4.78, 5) is 21.5. The van der Waals surface area contributed by atoms with Gasteiger partial charge < -0.3 is 14.8 Å². The van der Waals surface area contributed by atoms with Gasteiger partial charge in [0.15, 0.2) is 0 Å². The third-order valence-corrected chi connectivity index (χ3v) is 5.07. The molecule has 0 radical (unpaired) electrons. The van der Waals surface area contributed by atoms with Crippen molar-refractivity contribution in [3.05, 3.63) is 65.7 Å². The van der Waals surface area contributed by atoms with Gasteiger partial charge in [0, 0.05) is 11.6 Å². The summed E-state index contributed by atoms with van der Waals surface area (Å²) < 4.78 is 22.7. The maximum absolute atomic E-state index is 11.8. The van der Waals surface area contributed by atoms with Gasteiger partial charge in [-0.05, 0) is 56.4 Å². The Morgan fingerprint density at radius 2 is 1.72 bits per heavy atom. The Balaban J connectivity index is 1.88. The van der Waals surface area contributed by atoms with Gasteiger partial charge in [0.25, 0.3) is 0 Å². The summed E-state index contributed by atoms with van der Waals surface area (Å²) in [7, 11) is -2.40. The minimum absolute atomic E-state index is 0.0857. The second kappa shape index (κ2) is 10.4. The van der Waals surface area contributed by atoms with Crippen molar-refractivity contribution >= 4 is 14.1 Å². The van der Waals surface area contributed by atoms with Crippen LogP contribution < -0.4 is 10.1 Å². The second-order valence-corrected chi connectivity index (χ2v) is 9.16. The highest BCUT2D eigenvalue weighted by molar-refractivity contribution is 7.38. The SMILES string of the molecule is CC(Cc1ccc(OCC(c2ccccc2)[P+](=O)O)cc1)NC(=O)OC(C)(C)C. The summed E-state index contributed by atoms with van der Waals surface area (Å²) >= 11 is 0. The lowest BCUT2D eigenvalue weighted by Crippen LogP contribution is -2.38. The van der Waals surface area contributed by atoms with E-state index in [-0.39, 0.29) is 12.6 Å². The normalized spacial score (nSPS) is 13.9. The van der Waals surface area contributed by atoms with E-state index in [1.54, 1.807) is 0 Å². The average Bonchev–Trinajstić information content (AvgIpc) is 2.62. The van der Waals surface area contributed by atoms with E-state index >= 15 is 0 Å². The zero-order chi connectivity index (χ0) is 21.4. The molecule has 2 N–H and O–H groups in total. The molecule has 0 heterocycles. The standard InChI is InChI=1S/C22H28NO5P/c1-16(23-21(24)28-22(2,3)4)14-17-10-12-19(13-11-17)27-15-20(29(25)26)18-8-6-5-7-9-18/h5-13,16,20H,14-15H2,1-4H3,(H-,23,24,25,26)/p+1. The molecule has 6 nitrogen and oxygen atoms in total. The van der Waals surface area contributed by atoms with Crippen LogP contribution >= 0.6 is 8.03 Å². The molecule has 1 amide bonds. The maximum atomic E-state index is 11.8. The second-order valence-electron chi connectivity index (χ2n) is 7.94. The monoisotopic (exact) mass is 418 g/mol. The van der Waals surface area contributed by atoms with Crippen LogP contribution in [0.15, 0.2) is 54.6 Å². The number of benzene rings is 2. The summed E-state index contributed by atoms with van der Waals surface area (Å²) in [6.45, 7) is 7.50. The fourth-order valence-electron chi connectivity index (χ4n) is 2.77. The molecule has 0 aliphatic rings. The molecule has 0 bridgehead atoms. The first-order chi connectivity index (χ1) is 13.6. The van der Waals surface area contributed by atoms with Gasteiger partial charge in [-0.1, -0.05) is 42.5 Å². The van der Waals surface area contributed by atoms with Gasteiger partial charge in [-0.3, -0.25) is 0 Å². The number of nitrogens with one attached hydrogen (secondary N) is 1. The van der Waals surface area contributed by atoms with E-state index < -0.39 is 25.4 Å². The highest BCUT2D eigenvalue weighted by atomic mass is 31.1. The number of amides is 1. The number of hydrogen-bond acceptors (Lipinski definition) is 4. The highest BCUT2D eigenvalue weighted by Gasteiger charge is 2.31. The van der Waals surface area contributed by atoms with Crippen LogP contribution in [0.4, 0.5) is 4.79 Å². The van der Waals surface area contributed by atoms with Crippen molar-refractivity contribution in [3.63, 3.8) is 0 Å². The molecule has 2 aromatic carbocycles. The van der Waals surface area contributed by atoms with Gasteiger partial charge in [-0.2, -0.15) is 4.89 Å². The largest absolute Gasteiger partial charge is 0.517 e. The van der Waals surface area contributed by atoms with Crippen LogP contribution in [-0.4, -0.2) is 29.2 Å². The number of ether oxygens (including phenoxy) is 2. The van der Waals surface area contributed by atoms with Crippen LogP contribution in [0.1, 0.15) is 44.5 Å². The van der Waals surface area contributed by atoms with Crippen LogP contribution in [0.2, 0.25) is 0 Å². The van der Waals surface area contributed by atoms with Gasteiger partial charge in [0.05, 0.1) is 0 Å². The molecule has 0 spiro atoms. The van der Waals surface area contributed by atoms with Gasteiger partial charge in [0.1, 0.15) is 18.0 Å². The molecule has 0 aliphatic heterocycles. The van der Waals surface area contributed by atoms with Crippen molar-refractivity contribution < 1.29 is 23.7 Å². The van der Waals surface area contributed by atoms with Crippen LogP contribution in [-0.2, 0) is 15.7 Å². The lowest BCUT2D eigenvalue weighted by atomic mass is 10.1. The third-order valence-electron chi connectivity index (χ3n) is 4.09. The minimum Gasteiger partial charge on any atom is -0.488 e. The van der Waals surface area contributed by atoms with Crippen molar-refractivity contribution in [2.24, 2.45) is 0 Å². The molecule has 2 aromatic rings. The van der Waals surface area contributed by atoms with Crippen LogP contribution in [0.5, 0.6) is 5.75 Å². The molecule has 0 aliphatic carbocycles. The molecule has 7 heteroatoms. The fourth-order valence-corrected chi connectivity index (χ4v) is 3.40. The number of carbonyl (C=O) groups excluding carboxylic acids is 1. The van der Waals surface area contributed by atoms with E-state index in [4.69, 9.17) is 9.47 Å². The molecule has 3 atom stereocenters. The molecule has 2 rings (SSSR count). The van der Waals surface area contributed by atoms with E-state index in [0.717, 1.165) is 11.1 Å². The smallest absolute Gasteiger partial charge is 0.488 e. The van der Waals surface area contributed by atoms with E-state index in [9.17, 15) is 14.3 Å². The Bertz CT molecular complexity index is 802. The average molecular weight is 418 g/mol. The number of alkyl carbamates (subject to hydrolysis) is 1. The predicted molar refractivity (Wildman–Crippen MR) is 113 cm³/mol. The van der Waals surface area contributed by atoms with E-state index in [0.29, 0.717) is 12.2 Å². The zero-order valence-corrected chi connectivity index (χ0v) is 18.2. The first kappa shape index (κ1) is 22.9. The van der Waals surface area contributed by atoms with Gasteiger partial charge >= 0.3 is 14.1 Å².